The molecule has 18 heavy (non-hydrogen) atoms. The van der Waals surface area contributed by atoms with Crippen LogP contribution in [0.2, 0.25) is 0 Å². The fourth-order valence-corrected chi connectivity index (χ4v) is 1.96. The minimum atomic E-state index is -1.53. The van der Waals surface area contributed by atoms with E-state index in [0.717, 1.165) is 4.90 Å². The lowest BCUT2D eigenvalue weighted by molar-refractivity contribution is -0.147. The minimum Gasteiger partial charge on any atom is -0.479 e. The number of carbonyl (C=O) groups is 2. The zero-order chi connectivity index (χ0) is 13.3. The zero-order valence-electron chi connectivity index (χ0n) is 9.48. The molecular formula is C12H13NO5. The van der Waals surface area contributed by atoms with Crippen molar-refractivity contribution in [3.8, 4) is 0 Å². The van der Waals surface area contributed by atoms with Crippen molar-refractivity contribution >= 4 is 11.9 Å². The number of rotatable bonds is 4. The topological polar surface area (TPSA) is 98.1 Å². The van der Waals surface area contributed by atoms with E-state index in [9.17, 15) is 14.7 Å². The average Bonchev–Trinajstić information content (AvgIpc) is 2.60. The third kappa shape index (κ3) is 2.07. The molecule has 1 unspecified atom stereocenters. The Balaban J connectivity index is 2.09. The second-order valence-electron chi connectivity index (χ2n) is 4.10. The van der Waals surface area contributed by atoms with Gasteiger partial charge in [0.1, 0.15) is 0 Å². The summed E-state index contributed by atoms with van der Waals surface area (Å²) in [5, 5.41) is 27.6. The molecule has 1 heterocycles. The van der Waals surface area contributed by atoms with Crippen LogP contribution in [-0.4, -0.2) is 44.7 Å². The highest BCUT2D eigenvalue weighted by Crippen LogP contribution is 2.31. The van der Waals surface area contributed by atoms with Gasteiger partial charge in [0, 0.05) is 24.1 Å². The Hall–Kier alpha value is -1.92. The standard InChI is InChI=1S/C12H13NO5/c14-9(12(17)18)5-6-13-10(15)7-3-1-2-4-8(7)11(13)16/h1-4,9-10,14-15H,5-6H2,(H,17,18)/t9?,10-/m0/s1. The van der Waals surface area contributed by atoms with E-state index < -0.39 is 18.3 Å². The molecule has 0 radical (unpaired) electrons. The van der Waals surface area contributed by atoms with Crippen molar-refractivity contribution in [2.45, 2.75) is 18.8 Å². The molecule has 0 bridgehead atoms. The second-order valence-corrected chi connectivity index (χ2v) is 4.10. The molecule has 6 nitrogen and oxygen atoms in total. The Labute approximate surface area is 103 Å². The molecule has 1 aromatic rings. The van der Waals surface area contributed by atoms with Crippen LogP contribution in [0.25, 0.3) is 0 Å². The van der Waals surface area contributed by atoms with Crippen LogP contribution in [0.3, 0.4) is 0 Å². The molecule has 0 fully saturated rings. The summed E-state index contributed by atoms with van der Waals surface area (Å²) in [4.78, 5) is 23.5. The lowest BCUT2D eigenvalue weighted by Gasteiger charge is -2.21. The van der Waals surface area contributed by atoms with Gasteiger partial charge in [0.15, 0.2) is 12.3 Å². The predicted octanol–water partition coefficient (Wildman–Crippen LogP) is -0.0311. The van der Waals surface area contributed by atoms with Gasteiger partial charge in [-0.3, -0.25) is 4.79 Å². The van der Waals surface area contributed by atoms with Crippen molar-refractivity contribution in [2.75, 3.05) is 6.54 Å². The normalized spacial score (nSPS) is 19.8. The van der Waals surface area contributed by atoms with E-state index in [-0.39, 0.29) is 18.9 Å². The van der Waals surface area contributed by atoms with Crippen molar-refractivity contribution in [1.29, 1.82) is 0 Å². The molecule has 1 amide bonds. The van der Waals surface area contributed by atoms with Crippen LogP contribution in [0.15, 0.2) is 24.3 Å². The molecule has 1 aliphatic heterocycles. The Morgan fingerprint density at radius 2 is 2.06 bits per heavy atom. The van der Waals surface area contributed by atoms with Gasteiger partial charge < -0.3 is 20.2 Å². The van der Waals surface area contributed by atoms with E-state index in [1.807, 2.05) is 0 Å². The van der Waals surface area contributed by atoms with E-state index in [4.69, 9.17) is 10.2 Å². The third-order valence-electron chi connectivity index (χ3n) is 2.95. The first-order valence-electron chi connectivity index (χ1n) is 5.51. The maximum atomic E-state index is 11.9. The number of nitrogens with zero attached hydrogens (tertiary/aromatic N) is 1. The number of carboxylic acid groups (broad SMARTS) is 1. The summed E-state index contributed by atoms with van der Waals surface area (Å²) in [5.41, 5.74) is 0.919. The zero-order valence-corrected chi connectivity index (χ0v) is 9.48. The molecule has 0 aliphatic carbocycles. The Morgan fingerprint density at radius 1 is 1.39 bits per heavy atom. The molecule has 0 aromatic heterocycles. The number of aliphatic carboxylic acids is 1. The summed E-state index contributed by atoms with van der Waals surface area (Å²) >= 11 is 0. The molecule has 6 heteroatoms. The van der Waals surface area contributed by atoms with Crippen molar-refractivity contribution in [3.05, 3.63) is 35.4 Å². The molecule has 0 saturated heterocycles. The quantitative estimate of drug-likeness (QED) is 0.698. The Bertz CT molecular complexity index is 487. The van der Waals surface area contributed by atoms with Crippen LogP contribution in [0.5, 0.6) is 0 Å². The maximum Gasteiger partial charge on any atom is 0.332 e. The van der Waals surface area contributed by atoms with Crippen LogP contribution in [0.1, 0.15) is 28.6 Å². The molecule has 96 valence electrons. The van der Waals surface area contributed by atoms with Gasteiger partial charge in [0.05, 0.1) is 0 Å². The lowest BCUT2D eigenvalue weighted by Crippen LogP contribution is -2.33. The summed E-state index contributed by atoms with van der Waals surface area (Å²) in [6.45, 7) is -0.0118. The number of hydrogen-bond donors (Lipinski definition) is 3. The second kappa shape index (κ2) is 4.75. The van der Waals surface area contributed by atoms with Crippen molar-refractivity contribution in [1.82, 2.24) is 4.90 Å². The fraction of sp³-hybridized carbons (Fsp3) is 0.333. The summed E-state index contributed by atoms with van der Waals surface area (Å²) in [5.74, 6) is -1.69. The van der Waals surface area contributed by atoms with Crippen LogP contribution >= 0.6 is 0 Å². The van der Waals surface area contributed by atoms with Crippen LogP contribution in [0.4, 0.5) is 0 Å². The number of benzene rings is 1. The smallest absolute Gasteiger partial charge is 0.332 e. The van der Waals surface area contributed by atoms with E-state index in [1.165, 1.54) is 0 Å². The first-order chi connectivity index (χ1) is 8.52. The van der Waals surface area contributed by atoms with Gasteiger partial charge in [-0.1, -0.05) is 18.2 Å². The number of hydrogen-bond acceptors (Lipinski definition) is 4. The van der Waals surface area contributed by atoms with Gasteiger partial charge in [-0.05, 0) is 6.07 Å². The number of carbonyl (C=O) groups excluding carboxylic acids is 1. The largest absolute Gasteiger partial charge is 0.479 e. The van der Waals surface area contributed by atoms with E-state index in [2.05, 4.69) is 0 Å². The highest BCUT2D eigenvalue weighted by Gasteiger charge is 2.35. The summed E-state index contributed by atoms with van der Waals surface area (Å²) in [6, 6.07) is 6.66. The molecule has 0 saturated carbocycles. The number of aliphatic hydroxyl groups excluding tert-OH is 2. The minimum absolute atomic E-state index is 0.0118. The molecule has 2 atom stereocenters. The molecular weight excluding hydrogens is 238 g/mol. The van der Waals surface area contributed by atoms with Gasteiger partial charge in [-0.15, -0.1) is 0 Å². The van der Waals surface area contributed by atoms with E-state index in [1.54, 1.807) is 24.3 Å². The number of carboxylic acids is 1. The molecule has 3 N–H and O–H groups in total. The fourth-order valence-electron chi connectivity index (χ4n) is 1.96. The molecule has 0 spiro atoms. The van der Waals surface area contributed by atoms with Gasteiger partial charge >= 0.3 is 5.97 Å². The highest BCUT2D eigenvalue weighted by molar-refractivity contribution is 5.98. The first-order valence-corrected chi connectivity index (χ1v) is 5.51. The number of aliphatic hydroxyl groups is 2. The SMILES string of the molecule is O=C(O)C(O)CCN1C(=O)c2ccccc2[C@@H]1O. The summed E-state index contributed by atoms with van der Waals surface area (Å²) < 4.78 is 0. The van der Waals surface area contributed by atoms with Crippen LogP contribution < -0.4 is 0 Å². The van der Waals surface area contributed by atoms with E-state index in [0.29, 0.717) is 11.1 Å². The summed E-state index contributed by atoms with van der Waals surface area (Å²) in [6.07, 6.45) is -2.73. The van der Waals surface area contributed by atoms with Crippen molar-refractivity contribution < 1.29 is 24.9 Å². The molecule has 1 aromatic carbocycles. The van der Waals surface area contributed by atoms with Crippen LogP contribution in [0, 0.1) is 0 Å². The van der Waals surface area contributed by atoms with Crippen molar-refractivity contribution in [2.24, 2.45) is 0 Å². The molecule has 2 rings (SSSR count). The van der Waals surface area contributed by atoms with Gasteiger partial charge in [0.2, 0.25) is 0 Å². The predicted molar refractivity (Wildman–Crippen MR) is 60.7 cm³/mol. The number of fused-ring (bicyclic) bond motifs is 1. The Kier molecular flexibility index (Phi) is 3.31. The average molecular weight is 251 g/mol. The Morgan fingerprint density at radius 3 is 2.67 bits per heavy atom. The van der Waals surface area contributed by atoms with Crippen molar-refractivity contribution in [3.63, 3.8) is 0 Å². The van der Waals surface area contributed by atoms with Crippen LogP contribution in [-0.2, 0) is 4.79 Å². The maximum absolute atomic E-state index is 11.9. The van der Waals surface area contributed by atoms with E-state index >= 15 is 0 Å². The lowest BCUT2D eigenvalue weighted by atomic mass is 10.1. The summed E-state index contributed by atoms with van der Waals surface area (Å²) in [7, 11) is 0. The first kappa shape index (κ1) is 12.5. The van der Waals surface area contributed by atoms with Gasteiger partial charge in [-0.2, -0.15) is 0 Å². The number of amides is 1. The molecule has 1 aliphatic rings. The monoisotopic (exact) mass is 251 g/mol. The highest BCUT2D eigenvalue weighted by atomic mass is 16.4. The third-order valence-corrected chi connectivity index (χ3v) is 2.95. The van der Waals surface area contributed by atoms with Gasteiger partial charge in [-0.25, -0.2) is 4.79 Å². The van der Waals surface area contributed by atoms with Gasteiger partial charge in [0.25, 0.3) is 5.91 Å².